The number of benzene rings is 1. The van der Waals surface area contributed by atoms with Crippen molar-refractivity contribution in [3.05, 3.63) is 48.6 Å². The average molecular weight is 271 g/mol. The molecule has 4 heteroatoms. The molecule has 0 radical (unpaired) electrons. The van der Waals surface area contributed by atoms with E-state index in [0.29, 0.717) is 18.4 Å². The number of amides is 3. The van der Waals surface area contributed by atoms with Crippen LogP contribution in [0.5, 0.6) is 0 Å². The van der Waals surface area contributed by atoms with Crippen molar-refractivity contribution in [3.63, 3.8) is 0 Å². The molecule has 1 fully saturated rings. The van der Waals surface area contributed by atoms with E-state index < -0.39 is 23.1 Å². The maximum Gasteiger partial charge on any atom is 0.267 e. The highest BCUT2D eigenvalue weighted by Gasteiger charge is 2.45. The highest BCUT2D eigenvalue weighted by molar-refractivity contribution is 6.18. The van der Waals surface area contributed by atoms with Crippen molar-refractivity contribution in [1.29, 1.82) is 0 Å². The van der Waals surface area contributed by atoms with Crippen LogP contribution in [0.25, 0.3) is 0 Å². The third-order valence-corrected chi connectivity index (χ3v) is 3.68. The first-order valence-corrected chi connectivity index (χ1v) is 6.57. The predicted octanol–water partition coefficient (Wildman–Crippen LogP) is 2.56. The van der Waals surface area contributed by atoms with Gasteiger partial charge in [-0.25, -0.2) is 4.90 Å². The Morgan fingerprint density at radius 2 is 2.00 bits per heavy atom. The van der Waals surface area contributed by atoms with Gasteiger partial charge in [-0.05, 0) is 25.0 Å². The predicted molar refractivity (Wildman–Crippen MR) is 74.8 cm³/mol. The van der Waals surface area contributed by atoms with Crippen LogP contribution in [0.3, 0.4) is 0 Å². The molecule has 1 atom stereocenters. The van der Waals surface area contributed by atoms with Gasteiger partial charge in [0.1, 0.15) is 0 Å². The molecule has 0 N–H and O–H groups in total. The molecule has 1 aromatic carbocycles. The van der Waals surface area contributed by atoms with Crippen LogP contribution in [0.1, 0.15) is 36.5 Å². The molecular formula is C16H17NO3. The Labute approximate surface area is 118 Å². The molecule has 0 unspecified atom stereocenters. The Balaban J connectivity index is 2.33. The summed E-state index contributed by atoms with van der Waals surface area (Å²) >= 11 is 0. The van der Waals surface area contributed by atoms with Gasteiger partial charge in [0.25, 0.3) is 5.91 Å². The van der Waals surface area contributed by atoms with Gasteiger partial charge in [0.05, 0.1) is 5.41 Å². The summed E-state index contributed by atoms with van der Waals surface area (Å²) in [6, 6.07) is 8.38. The molecular weight excluding hydrogens is 254 g/mol. The van der Waals surface area contributed by atoms with Crippen molar-refractivity contribution >= 4 is 17.7 Å². The van der Waals surface area contributed by atoms with E-state index in [1.165, 1.54) is 0 Å². The van der Waals surface area contributed by atoms with Crippen LogP contribution >= 0.6 is 0 Å². The number of likely N-dealkylation sites (tertiary alicyclic amines) is 1. The van der Waals surface area contributed by atoms with E-state index in [-0.39, 0.29) is 6.42 Å². The highest BCUT2D eigenvalue weighted by atomic mass is 16.2. The van der Waals surface area contributed by atoms with Gasteiger partial charge in [0.15, 0.2) is 0 Å². The van der Waals surface area contributed by atoms with Crippen LogP contribution in [0.15, 0.2) is 43.0 Å². The van der Waals surface area contributed by atoms with Crippen LogP contribution < -0.4 is 0 Å². The molecule has 1 aliphatic heterocycles. The lowest BCUT2D eigenvalue weighted by Gasteiger charge is -2.36. The zero-order chi connectivity index (χ0) is 14.8. The van der Waals surface area contributed by atoms with Crippen LogP contribution in [0, 0.1) is 5.41 Å². The summed E-state index contributed by atoms with van der Waals surface area (Å²) in [7, 11) is 0. The molecule has 1 saturated heterocycles. The van der Waals surface area contributed by atoms with E-state index in [2.05, 4.69) is 6.58 Å². The van der Waals surface area contributed by atoms with E-state index in [4.69, 9.17) is 0 Å². The second-order valence-electron chi connectivity index (χ2n) is 5.26. The van der Waals surface area contributed by atoms with Gasteiger partial charge >= 0.3 is 0 Å². The lowest BCUT2D eigenvalue weighted by molar-refractivity contribution is -0.152. The SMILES string of the molecule is C=CC[C@]1(C)CCC(=O)N(C(=O)c2ccccc2)C1=O. The Morgan fingerprint density at radius 1 is 1.35 bits per heavy atom. The third kappa shape index (κ3) is 2.41. The van der Waals surface area contributed by atoms with Crippen LogP contribution in [0.2, 0.25) is 0 Å². The van der Waals surface area contributed by atoms with E-state index >= 15 is 0 Å². The molecule has 0 aromatic heterocycles. The van der Waals surface area contributed by atoms with Gasteiger partial charge in [-0.15, -0.1) is 6.58 Å². The summed E-state index contributed by atoms with van der Waals surface area (Å²) < 4.78 is 0. The fourth-order valence-electron chi connectivity index (χ4n) is 2.41. The first kappa shape index (κ1) is 14.2. The van der Waals surface area contributed by atoms with Gasteiger partial charge in [-0.2, -0.15) is 0 Å². The molecule has 20 heavy (non-hydrogen) atoms. The van der Waals surface area contributed by atoms with Gasteiger partial charge in [-0.1, -0.05) is 31.2 Å². The largest absolute Gasteiger partial charge is 0.274 e. The van der Waals surface area contributed by atoms with Gasteiger partial charge in [0, 0.05) is 12.0 Å². The fourth-order valence-corrected chi connectivity index (χ4v) is 2.41. The summed E-state index contributed by atoms with van der Waals surface area (Å²) in [5.41, 5.74) is -0.378. The number of nitrogens with zero attached hydrogens (tertiary/aromatic N) is 1. The molecule has 4 nitrogen and oxygen atoms in total. The Morgan fingerprint density at radius 3 is 2.60 bits per heavy atom. The maximum atomic E-state index is 12.5. The molecule has 1 aliphatic rings. The first-order valence-electron chi connectivity index (χ1n) is 6.57. The molecule has 1 heterocycles. The summed E-state index contributed by atoms with van der Waals surface area (Å²) in [4.78, 5) is 37.6. The van der Waals surface area contributed by atoms with Gasteiger partial charge in [-0.3, -0.25) is 14.4 Å². The van der Waals surface area contributed by atoms with Crippen LogP contribution in [-0.2, 0) is 9.59 Å². The number of imide groups is 3. The van der Waals surface area contributed by atoms with Crippen molar-refractivity contribution < 1.29 is 14.4 Å². The molecule has 3 amide bonds. The molecule has 1 aromatic rings. The Bertz CT molecular complexity index is 564. The normalized spacial score (nSPS) is 22.8. The molecule has 0 bridgehead atoms. The minimum Gasteiger partial charge on any atom is -0.274 e. The first-order chi connectivity index (χ1) is 9.49. The van der Waals surface area contributed by atoms with Crippen molar-refractivity contribution in [2.24, 2.45) is 5.41 Å². The maximum absolute atomic E-state index is 12.5. The molecule has 0 saturated carbocycles. The Kier molecular flexibility index (Phi) is 3.84. The summed E-state index contributed by atoms with van der Waals surface area (Å²) in [6.45, 7) is 5.41. The fraction of sp³-hybridized carbons (Fsp3) is 0.312. The van der Waals surface area contributed by atoms with E-state index in [1.807, 2.05) is 0 Å². The third-order valence-electron chi connectivity index (χ3n) is 3.68. The zero-order valence-corrected chi connectivity index (χ0v) is 11.5. The zero-order valence-electron chi connectivity index (χ0n) is 11.5. The number of rotatable bonds is 3. The van der Waals surface area contributed by atoms with Crippen LogP contribution in [0.4, 0.5) is 0 Å². The number of allylic oxidation sites excluding steroid dienone is 1. The van der Waals surface area contributed by atoms with Crippen molar-refractivity contribution in [1.82, 2.24) is 4.90 Å². The van der Waals surface area contributed by atoms with Gasteiger partial charge in [0.2, 0.25) is 11.8 Å². The second-order valence-corrected chi connectivity index (χ2v) is 5.26. The number of carbonyl (C=O) groups is 3. The number of carbonyl (C=O) groups excluding carboxylic acids is 3. The van der Waals surface area contributed by atoms with Crippen molar-refractivity contribution in [2.45, 2.75) is 26.2 Å². The minimum atomic E-state index is -0.722. The number of hydrogen-bond donors (Lipinski definition) is 0. The standard InChI is InChI=1S/C16H17NO3/c1-3-10-16(2)11-9-13(18)17(15(16)20)14(19)12-7-5-4-6-8-12/h3-8H,1,9-11H2,2H3/t16-/m1/s1. The lowest BCUT2D eigenvalue weighted by atomic mass is 9.77. The molecule has 2 rings (SSSR count). The van der Waals surface area contributed by atoms with E-state index in [0.717, 1.165) is 4.90 Å². The average Bonchev–Trinajstić information content (AvgIpc) is 2.45. The van der Waals surface area contributed by atoms with Gasteiger partial charge < -0.3 is 0 Å². The highest BCUT2D eigenvalue weighted by Crippen LogP contribution is 2.35. The van der Waals surface area contributed by atoms with Crippen molar-refractivity contribution in [3.8, 4) is 0 Å². The topological polar surface area (TPSA) is 54.5 Å². The van der Waals surface area contributed by atoms with E-state index in [9.17, 15) is 14.4 Å². The number of piperidine rings is 1. The monoisotopic (exact) mass is 271 g/mol. The van der Waals surface area contributed by atoms with E-state index in [1.54, 1.807) is 43.3 Å². The summed E-state index contributed by atoms with van der Waals surface area (Å²) in [6.07, 6.45) is 2.76. The minimum absolute atomic E-state index is 0.203. The van der Waals surface area contributed by atoms with Crippen molar-refractivity contribution in [2.75, 3.05) is 0 Å². The summed E-state index contributed by atoms with van der Waals surface area (Å²) in [5, 5.41) is 0. The number of hydrogen-bond acceptors (Lipinski definition) is 3. The Hall–Kier alpha value is -2.23. The summed E-state index contributed by atoms with van der Waals surface area (Å²) in [5.74, 6) is -1.40. The molecule has 0 aliphatic carbocycles. The molecule has 0 spiro atoms. The quantitative estimate of drug-likeness (QED) is 0.627. The second kappa shape index (κ2) is 5.41. The lowest BCUT2D eigenvalue weighted by Crippen LogP contribution is -2.52. The van der Waals surface area contributed by atoms with Crippen LogP contribution in [-0.4, -0.2) is 22.6 Å². The molecule has 104 valence electrons. The smallest absolute Gasteiger partial charge is 0.267 e.